The lowest BCUT2D eigenvalue weighted by atomic mass is 9.86. The standard InChI is InChI=1S/C28H39ClN4O5S.C3H8/c1-6-22-7-8-24(29)16-23(22)15-21(2)39(36)32-17-26(35)33-18-27(30(3)28(33,19-32)20-38-5)10-12-31(13-11-27)25(34)9-14-37-4;1-3-2/h7-9,14-16H,6,10-13,17-20H2,1-5H3;3H2,1-2H3/b14-9+,21-15+;. The molecule has 2 amide bonds. The zero-order valence-corrected chi connectivity index (χ0v) is 27.7. The fourth-order valence-electron chi connectivity index (χ4n) is 6.19. The van der Waals surface area contributed by atoms with Crippen LogP contribution in [0, 0.1) is 0 Å². The number of carbonyl (C=O) groups excluding carboxylic acids is 2. The number of amides is 2. The summed E-state index contributed by atoms with van der Waals surface area (Å²) in [4.78, 5) is 32.7. The first kappa shape index (κ1) is 34.3. The molecule has 3 aliphatic rings. The van der Waals surface area contributed by atoms with Gasteiger partial charge in [0, 0.05) is 48.3 Å². The minimum atomic E-state index is -1.53. The summed E-state index contributed by atoms with van der Waals surface area (Å²) in [5.74, 6) is -0.149. The number of nitrogens with zero attached hydrogens (tertiary/aromatic N) is 4. The number of methoxy groups -OCH3 is 2. The highest BCUT2D eigenvalue weighted by Gasteiger charge is 2.62. The number of hydrogen-bond acceptors (Lipinski definition) is 6. The Morgan fingerprint density at radius 3 is 2.40 bits per heavy atom. The number of piperidine rings is 1. The van der Waals surface area contributed by atoms with E-state index in [0.29, 0.717) is 42.7 Å². The highest BCUT2D eigenvalue weighted by Crippen LogP contribution is 2.45. The highest BCUT2D eigenvalue weighted by molar-refractivity contribution is 7.86. The molecule has 3 saturated heterocycles. The molecule has 0 radical (unpaired) electrons. The first-order valence-electron chi connectivity index (χ1n) is 14.7. The van der Waals surface area contributed by atoms with Gasteiger partial charge in [-0.05, 0) is 62.6 Å². The third-order valence-corrected chi connectivity index (χ3v) is 10.0. The lowest BCUT2D eigenvalue weighted by Gasteiger charge is -2.50. The molecular formula is C31H47ClN4O5S. The van der Waals surface area contributed by atoms with Crippen molar-refractivity contribution < 1.29 is 23.3 Å². The first-order valence-corrected chi connectivity index (χ1v) is 16.2. The van der Waals surface area contributed by atoms with E-state index in [1.807, 2.05) is 48.0 Å². The average Bonchev–Trinajstić information content (AvgIpc) is 3.20. The van der Waals surface area contributed by atoms with Crippen LogP contribution in [-0.4, -0.2) is 107 Å². The van der Waals surface area contributed by atoms with Crippen LogP contribution >= 0.6 is 11.6 Å². The Kier molecular flexibility index (Phi) is 12.2. The predicted molar refractivity (Wildman–Crippen MR) is 169 cm³/mol. The molecule has 0 aromatic heterocycles. The Bertz CT molecular complexity index is 1200. The number of allylic oxidation sites excluding steroid dienone is 1. The minimum absolute atomic E-state index is 0.0653. The van der Waals surface area contributed by atoms with Gasteiger partial charge in [0.25, 0.3) is 0 Å². The number of hydrogen-bond donors (Lipinski definition) is 0. The second-order valence-corrected chi connectivity index (χ2v) is 13.3. The van der Waals surface area contributed by atoms with E-state index in [9.17, 15) is 13.8 Å². The molecule has 3 aliphatic heterocycles. The SMILES string of the molecule is CCC.CCc1ccc(Cl)cc1/C=C(\C)S(=O)N1CC(=O)N2CC3(CCN(C(=O)/C=C/OC)CC3)N(C)C2(COC)C1. The lowest BCUT2D eigenvalue weighted by Crippen LogP contribution is -2.69. The number of rotatable bonds is 8. The van der Waals surface area contributed by atoms with Gasteiger partial charge in [0.1, 0.15) is 16.6 Å². The second-order valence-electron chi connectivity index (χ2n) is 11.2. The van der Waals surface area contributed by atoms with Gasteiger partial charge >= 0.3 is 0 Å². The van der Waals surface area contributed by atoms with E-state index < -0.39 is 16.6 Å². The molecule has 3 fully saturated rings. The maximum absolute atomic E-state index is 13.8. The molecule has 0 N–H and O–H groups in total. The molecule has 1 spiro atoms. The summed E-state index contributed by atoms with van der Waals surface area (Å²) < 4.78 is 26.1. The maximum atomic E-state index is 13.8. The van der Waals surface area contributed by atoms with Crippen molar-refractivity contribution in [2.45, 2.75) is 64.6 Å². The minimum Gasteiger partial charge on any atom is -0.504 e. The van der Waals surface area contributed by atoms with E-state index in [4.69, 9.17) is 21.1 Å². The molecule has 1 aromatic rings. The Labute approximate surface area is 259 Å². The topological polar surface area (TPSA) is 82.6 Å². The summed E-state index contributed by atoms with van der Waals surface area (Å²) in [7, 11) is 3.65. The Morgan fingerprint density at radius 1 is 1.14 bits per heavy atom. The maximum Gasteiger partial charge on any atom is 0.249 e. The largest absolute Gasteiger partial charge is 0.504 e. The van der Waals surface area contributed by atoms with Gasteiger partial charge < -0.3 is 19.3 Å². The van der Waals surface area contributed by atoms with Gasteiger partial charge in [0.15, 0.2) is 0 Å². The number of aryl methyl sites for hydroxylation is 1. The molecule has 1 aromatic carbocycles. The number of carbonyl (C=O) groups is 2. The average molecular weight is 623 g/mol. The van der Waals surface area contributed by atoms with Gasteiger partial charge in [-0.25, -0.2) is 8.51 Å². The number of piperazine rings is 1. The van der Waals surface area contributed by atoms with Crippen LogP contribution in [0.2, 0.25) is 5.02 Å². The third kappa shape index (κ3) is 7.10. The molecule has 11 heteroatoms. The van der Waals surface area contributed by atoms with Crippen molar-refractivity contribution >= 4 is 40.5 Å². The van der Waals surface area contributed by atoms with E-state index in [1.165, 1.54) is 25.9 Å². The van der Waals surface area contributed by atoms with Crippen LogP contribution in [0.15, 0.2) is 35.4 Å². The van der Waals surface area contributed by atoms with Crippen LogP contribution in [0.25, 0.3) is 6.08 Å². The number of likely N-dealkylation sites (tertiary alicyclic amines) is 1. The normalized spacial score (nSPS) is 23.6. The van der Waals surface area contributed by atoms with Gasteiger partial charge in [-0.3, -0.25) is 14.5 Å². The number of fused-ring (bicyclic) bond motifs is 1. The van der Waals surface area contributed by atoms with Gasteiger partial charge in [0.2, 0.25) is 11.8 Å². The summed E-state index contributed by atoms with van der Waals surface area (Å²) >= 11 is 6.24. The molecule has 0 aliphatic carbocycles. The van der Waals surface area contributed by atoms with Crippen molar-refractivity contribution in [3.63, 3.8) is 0 Å². The van der Waals surface area contributed by atoms with Crippen molar-refractivity contribution in [1.82, 2.24) is 19.0 Å². The quantitative estimate of drug-likeness (QED) is 0.318. The smallest absolute Gasteiger partial charge is 0.249 e. The van der Waals surface area contributed by atoms with Crippen molar-refractivity contribution in [3.05, 3.63) is 51.6 Å². The van der Waals surface area contributed by atoms with Crippen LogP contribution in [-0.2, 0) is 36.5 Å². The molecule has 2 atom stereocenters. The Balaban J connectivity index is 0.00000155. The fraction of sp³-hybridized carbons (Fsp3) is 0.613. The first-order chi connectivity index (χ1) is 20.0. The van der Waals surface area contributed by atoms with Crippen LogP contribution in [0.1, 0.15) is 58.1 Å². The van der Waals surface area contributed by atoms with Crippen molar-refractivity contribution in [3.8, 4) is 0 Å². The summed E-state index contributed by atoms with van der Waals surface area (Å²) in [6.45, 7) is 10.6. The fourth-order valence-corrected chi connectivity index (χ4v) is 7.56. The lowest BCUT2D eigenvalue weighted by molar-refractivity contribution is -0.152. The van der Waals surface area contributed by atoms with E-state index in [2.05, 4.69) is 25.7 Å². The molecule has 3 heterocycles. The Morgan fingerprint density at radius 2 is 1.81 bits per heavy atom. The van der Waals surface area contributed by atoms with Crippen molar-refractivity contribution in [2.75, 3.05) is 60.6 Å². The number of ether oxygens (including phenoxy) is 2. The monoisotopic (exact) mass is 622 g/mol. The van der Waals surface area contributed by atoms with Crippen LogP contribution in [0.4, 0.5) is 0 Å². The second kappa shape index (κ2) is 15.0. The molecule has 9 nitrogen and oxygen atoms in total. The van der Waals surface area contributed by atoms with Gasteiger partial charge in [-0.15, -0.1) is 0 Å². The summed E-state index contributed by atoms with van der Waals surface area (Å²) in [6.07, 6.45) is 8.26. The van der Waals surface area contributed by atoms with Gasteiger partial charge in [-0.2, -0.15) is 0 Å². The molecule has 2 unspecified atom stereocenters. The molecule has 0 saturated carbocycles. The van der Waals surface area contributed by atoms with Gasteiger partial charge in [-0.1, -0.05) is 44.9 Å². The zero-order chi connectivity index (χ0) is 31.1. The predicted octanol–water partition coefficient (Wildman–Crippen LogP) is 4.30. The molecule has 0 bridgehead atoms. The highest BCUT2D eigenvalue weighted by atomic mass is 35.5. The molecule has 4 rings (SSSR count). The molecule has 42 heavy (non-hydrogen) atoms. The third-order valence-electron chi connectivity index (χ3n) is 8.42. The number of likely N-dealkylation sites (N-methyl/N-ethyl adjacent to an activating group) is 1. The van der Waals surface area contributed by atoms with E-state index in [1.54, 1.807) is 11.4 Å². The van der Waals surface area contributed by atoms with Crippen molar-refractivity contribution in [1.29, 1.82) is 0 Å². The number of halogens is 1. The van der Waals surface area contributed by atoms with Crippen LogP contribution in [0.5, 0.6) is 0 Å². The summed E-state index contributed by atoms with van der Waals surface area (Å²) in [5, 5.41) is 0.625. The van der Waals surface area contributed by atoms with Crippen LogP contribution < -0.4 is 0 Å². The number of benzene rings is 1. The summed E-state index contributed by atoms with van der Waals surface area (Å²) in [6, 6.07) is 5.73. The molecule has 234 valence electrons. The van der Waals surface area contributed by atoms with Crippen molar-refractivity contribution in [2.24, 2.45) is 0 Å². The van der Waals surface area contributed by atoms with Crippen LogP contribution in [0.3, 0.4) is 0 Å². The molecular weight excluding hydrogens is 576 g/mol. The zero-order valence-electron chi connectivity index (χ0n) is 26.2. The van der Waals surface area contributed by atoms with E-state index in [0.717, 1.165) is 30.4 Å². The van der Waals surface area contributed by atoms with E-state index >= 15 is 0 Å². The Hall–Kier alpha value is -2.24. The van der Waals surface area contributed by atoms with Gasteiger partial charge in [0.05, 0.1) is 33.1 Å². The van der Waals surface area contributed by atoms with E-state index in [-0.39, 0.29) is 23.9 Å². The summed E-state index contributed by atoms with van der Waals surface area (Å²) in [5.41, 5.74) is 1.00.